The third-order valence-corrected chi connectivity index (χ3v) is 5.26. The van der Waals surface area contributed by atoms with E-state index < -0.39 is 59.4 Å². The first-order valence-electron chi connectivity index (χ1n) is 9.88. The molecule has 16 nitrogen and oxygen atoms in total. The Hall–Kier alpha value is -5.29. The van der Waals surface area contributed by atoms with Gasteiger partial charge in [-0.05, 0) is 42.5 Å². The number of H-pyrrole nitrogens is 2. The molecule has 0 aromatic carbocycles. The minimum atomic E-state index is -1.27. The van der Waals surface area contributed by atoms with Crippen LogP contribution < -0.4 is 0 Å². The molecule has 0 atom stereocenters. The molecule has 3 aromatic heterocycles. The molecule has 0 spiro atoms. The van der Waals surface area contributed by atoms with Gasteiger partial charge in [-0.3, -0.25) is 40.5 Å². The molecule has 0 amide bonds. The third-order valence-electron chi connectivity index (χ3n) is 5.26. The summed E-state index contributed by atoms with van der Waals surface area (Å²) < 4.78 is 0. The fourth-order valence-corrected chi connectivity index (χ4v) is 3.86. The van der Waals surface area contributed by atoms with Gasteiger partial charge in [-0.2, -0.15) is 0 Å². The second-order valence-corrected chi connectivity index (χ2v) is 7.50. The minimum absolute atomic E-state index is 0. The van der Waals surface area contributed by atoms with E-state index in [0.717, 1.165) is 12.1 Å². The summed E-state index contributed by atoms with van der Waals surface area (Å²) in [6, 6.07) is 8.51. The summed E-state index contributed by atoms with van der Waals surface area (Å²) in [6.45, 7) is 0. The van der Waals surface area contributed by atoms with Gasteiger partial charge in [0, 0.05) is 22.6 Å². The van der Waals surface area contributed by atoms with E-state index in [2.05, 4.69) is 19.9 Å². The molecular weight excluding hydrogens is 539 g/mol. The number of nitrogens with zero attached hydrogens (tertiary/aromatic N) is 6. The van der Waals surface area contributed by atoms with E-state index in [4.69, 9.17) is 0 Å². The maximum Gasteiger partial charge on any atom is 2.00 e. The maximum absolute atomic E-state index is 12.1. The van der Waals surface area contributed by atoms with Crippen molar-refractivity contribution >= 4 is 57.0 Å². The van der Waals surface area contributed by atoms with Crippen LogP contribution in [0.1, 0.15) is 22.8 Å². The normalized spacial score (nSPS) is 12.2. The number of hydrogen-bond acceptors (Lipinski definition) is 10. The molecule has 2 aliphatic rings. The molecule has 17 heteroatoms. The Morgan fingerprint density at radius 3 is 1.86 bits per heavy atom. The van der Waals surface area contributed by atoms with Gasteiger partial charge in [0.05, 0.1) is 31.1 Å². The van der Waals surface area contributed by atoms with E-state index in [-0.39, 0.29) is 28.0 Å². The van der Waals surface area contributed by atoms with Crippen LogP contribution in [0, 0.1) is 40.5 Å². The van der Waals surface area contributed by atoms with Crippen LogP contribution in [0.4, 0.5) is 11.4 Å². The quantitative estimate of drug-likeness (QED) is 0.277. The van der Waals surface area contributed by atoms with Gasteiger partial charge in [-0.1, -0.05) is 0 Å². The first-order chi connectivity index (χ1) is 17.1. The summed E-state index contributed by atoms with van der Waals surface area (Å²) in [6.07, 6.45) is 3.07. The molecule has 5 rings (SSSR count). The van der Waals surface area contributed by atoms with Crippen LogP contribution >= 0.6 is 0 Å². The Kier molecular flexibility index (Phi) is 6.07. The third kappa shape index (κ3) is 4.30. The zero-order valence-electron chi connectivity index (χ0n) is 17.9. The Bertz CT molecular complexity index is 1770. The average molecular weight is 549 g/mol. The molecule has 37 heavy (non-hydrogen) atoms. The first kappa shape index (κ1) is 24.8. The smallest absolute Gasteiger partial charge is 0.355 e. The van der Waals surface area contributed by atoms with E-state index in [0.29, 0.717) is 16.7 Å². The summed E-state index contributed by atoms with van der Waals surface area (Å²) in [4.78, 5) is 56.8. The van der Waals surface area contributed by atoms with Crippen LogP contribution in [0.3, 0.4) is 0 Å². The number of rotatable bonds is 4. The summed E-state index contributed by atoms with van der Waals surface area (Å²) in [5.74, 6) is 0. The molecule has 5 heterocycles. The molecule has 2 N–H and O–H groups in total. The van der Waals surface area contributed by atoms with Crippen molar-refractivity contribution in [2.45, 2.75) is 0 Å². The fourth-order valence-electron chi connectivity index (χ4n) is 3.86. The predicted molar refractivity (Wildman–Crippen MR) is 124 cm³/mol. The number of hydrogen-bond donors (Lipinski definition) is 2. The topological polar surface area (TPSA) is 230 Å². The Morgan fingerprint density at radius 1 is 0.649 bits per heavy atom. The van der Waals surface area contributed by atoms with Crippen molar-refractivity contribution in [3.05, 3.63) is 99.6 Å². The van der Waals surface area contributed by atoms with E-state index >= 15 is 0 Å². The predicted octanol–water partition coefficient (Wildman–Crippen LogP) is 3.68. The van der Waals surface area contributed by atoms with Crippen LogP contribution in [0.5, 0.6) is 0 Å². The second kappa shape index (κ2) is 9.05. The Morgan fingerprint density at radius 2 is 1.27 bits per heavy atom. The van der Waals surface area contributed by atoms with E-state index in [1.165, 1.54) is 12.1 Å². The van der Waals surface area contributed by atoms with Crippen molar-refractivity contribution < 1.29 is 36.5 Å². The molecule has 2 aliphatic heterocycles. The SMILES string of the molecule is O=[N+]([O-])C1=C([N+](=O)[O-])c2nc1cc1nc(cc3ccc(cc4cc([N+](=O)[O-])c([nH]4)c2[N+](=O)[O-])[nH]3)C=C1.[Co+2]. The molecule has 3 aromatic rings. The number of nitrogens with one attached hydrogen (secondary N) is 2. The van der Waals surface area contributed by atoms with Crippen LogP contribution in [-0.2, 0) is 16.8 Å². The van der Waals surface area contributed by atoms with Gasteiger partial charge in [-0.25, -0.2) is 9.97 Å². The minimum Gasteiger partial charge on any atom is -0.355 e. The van der Waals surface area contributed by atoms with Gasteiger partial charge in [0.1, 0.15) is 0 Å². The standard InChI is InChI=1S/C20H10N8O8.Co/c29-25(30)15-8-13-6-11-2-1-9(21-11)5-10-3-4-12(22-10)7-14-18(26(31)32)20(28(35)36)17(24-14)19(27(33)34)16(15)23-13;/h1-8,21,23H;/q;+2. The molecule has 0 unspecified atom stereocenters. The summed E-state index contributed by atoms with van der Waals surface area (Å²) in [5, 5.41) is 47.5. The van der Waals surface area contributed by atoms with Gasteiger partial charge in [0.15, 0.2) is 11.2 Å². The van der Waals surface area contributed by atoms with Crippen molar-refractivity contribution in [2.75, 3.05) is 0 Å². The zero-order chi connectivity index (χ0) is 25.7. The molecule has 8 bridgehead atoms. The summed E-state index contributed by atoms with van der Waals surface area (Å²) >= 11 is 0. The Labute approximate surface area is 213 Å². The average Bonchev–Trinajstić information content (AvgIpc) is 3.56. The molecule has 0 aliphatic carbocycles. The second-order valence-electron chi connectivity index (χ2n) is 7.50. The van der Waals surface area contributed by atoms with Gasteiger partial charge in [0.2, 0.25) is 5.69 Å². The van der Waals surface area contributed by atoms with Crippen LogP contribution in [0.25, 0.3) is 45.6 Å². The van der Waals surface area contributed by atoms with Crippen molar-refractivity contribution in [3.8, 4) is 0 Å². The largest absolute Gasteiger partial charge is 2.00 e. The van der Waals surface area contributed by atoms with Crippen LogP contribution in [0.15, 0.2) is 36.4 Å². The summed E-state index contributed by atoms with van der Waals surface area (Å²) in [5.41, 5.74) is -4.88. The number of aromatic nitrogens is 4. The van der Waals surface area contributed by atoms with E-state index in [1.54, 1.807) is 24.3 Å². The van der Waals surface area contributed by atoms with Crippen LogP contribution in [-0.4, -0.2) is 39.6 Å². The molecule has 1 radical (unpaired) electrons. The van der Waals surface area contributed by atoms with E-state index in [1.807, 2.05) is 0 Å². The van der Waals surface area contributed by atoms with Crippen molar-refractivity contribution in [3.63, 3.8) is 0 Å². The number of fused-ring (bicyclic) bond motifs is 8. The monoisotopic (exact) mass is 549 g/mol. The van der Waals surface area contributed by atoms with Crippen molar-refractivity contribution in [2.24, 2.45) is 0 Å². The fraction of sp³-hybridized carbons (Fsp3) is 0. The summed E-state index contributed by atoms with van der Waals surface area (Å²) in [7, 11) is 0. The number of aromatic amines is 2. The first-order valence-corrected chi connectivity index (χ1v) is 9.88. The van der Waals surface area contributed by atoms with Gasteiger partial charge < -0.3 is 9.97 Å². The molecular formula is C20H10CoN8O8+2. The van der Waals surface area contributed by atoms with Crippen molar-refractivity contribution in [1.82, 2.24) is 19.9 Å². The molecule has 0 fully saturated rings. The van der Waals surface area contributed by atoms with Crippen LogP contribution in [0.2, 0.25) is 0 Å². The number of nitro groups is 4. The molecule has 0 saturated heterocycles. The van der Waals surface area contributed by atoms with Crippen molar-refractivity contribution in [1.29, 1.82) is 0 Å². The Balaban J connectivity index is 0.00000320. The van der Waals surface area contributed by atoms with Gasteiger partial charge in [0.25, 0.3) is 0 Å². The zero-order valence-corrected chi connectivity index (χ0v) is 18.9. The van der Waals surface area contributed by atoms with Gasteiger partial charge >= 0.3 is 39.5 Å². The molecule has 185 valence electrons. The van der Waals surface area contributed by atoms with Gasteiger partial charge in [-0.15, -0.1) is 0 Å². The van der Waals surface area contributed by atoms with E-state index in [9.17, 15) is 40.5 Å². The maximum atomic E-state index is 12.1. The molecule has 0 saturated carbocycles.